The van der Waals surface area contributed by atoms with E-state index in [2.05, 4.69) is 10.6 Å². The number of rotatable bonds is 2. The van der Waals surface area contributed by atoms with Gasteiger partial charge in [0.05, 0.1) is 6.04 Å². The van der Waals surface area contributed by atoms with Gasteiger partial charge in [-0.25, -0.2) is 9.59 Å². The average Bonchev–Trinajstić information content (AvgIpc) is 2.85. The quantitative estimate of drug-likeness (QED) is 0.730. The molecule has 7 heteroatoms. The Balaban J connectivity index is 1.95. The Bertz CT molecular complexity index is 596. The van der Waals surface area contributed by atoms with Gasteiger partial charge in [0.1, 0.15) is 5.70 Å². The van der Waals surface area contributed by atoms with E-state index in [1.807, 2.05) is 0 Å². The van der Waals surface area contributed by atoms with Crippen molar-refractivity contribution in [3.63, 3.8) is 0 Å². The molecule has 1 unspecified atom stereocenters. The van der Waals surface area contributed by atoms with Crippen LogP contribution in [0.4, 0.5) is 4.79 Å². The first-order chi connectivity index (χ1) is 9.13. The number of aliphatic carboxylic acids is 1. The predicted molar refractivity (Wildman–Crippen MR) is 62.7 cm³/mol. The van der Waals surface area contributed by atoms with Gasteiger partial charge in [-0.15, -0.1) is 0 Å². The summed E-state index contributed by atoms with van der Waals surface area (Å²) in [5.41, 5.74) is 0.573. The van der Waals surface area contributed by atoms with Crippen molar-refractivity contribution >= 4 is 12.0 Å². The van der Waals surface area contributed by atoms with Crippen LogP contribution in [0.2, 0.25) is 0 Å². The van der Waals surface area contributed by atoms with Crippen LogP contribution < -0.4 is 20.1 Å². The van der Waals surface area contributed by atoms with Gasteiger partial charge in [0.25, 0.3) is 0 Å². The van der Waals surface area contributed by atoms with E-state index in [1.54, 1.807) is 18.2 Å². The molecule has 0 bridgehead atoms. The van der Waals surface area contributed by atoms with Crippen molar-refractivity contribution in [3.05, 3.63) is 35.5 Å². The molecule has 19 heavy (non-hydrogen) atoms. The number of hydrogen-bond donors (Lipinski definition) is 3. The monoisotopic (exact) mass is 262 g/mol. The second-order valence-corrected chi connectivity index (χ2v) is 4.07. The minimum Gasteiger partial charge on any atom is -0.477 e. The zero-order chi connectivity index (χ0) is 13.4. The molecule has 2 amide bonds. The zero-order valence-electron chi connectivity index (χ0n) is 9.67. The van der Waals surface area contributed by atoms with Crippen LogP contribution >= 0.6 is 0 Å². The third-order valence-electron chi connectivity index (χ3n) is 2.85. The highest BCUT2D eigenvalue weighted by Gasteiger charge is 2.24. The molecule has 2 aliphatic heterocycles. The van der Waals surface area contributed by atoms with E-state index >= 15 is 0 Å². The highest BCUT2D eigenvalue weighted by molar-refractivity contribution is 5.93. The molecule has 2 heterocycles. The first kappa shape index (κ1) is 11.4. The third-order valence-corrected chi connectivity index (χ3v) is 2.85. The Hall–Kier alpha value is -2.70. The number of carbonyl (C=O) groups excluding carboxylic acids is 1. The second-order valence-electron chi connectivity index (χ2n) is 4.07. The van der Waals surface area contributed by atoms with Gasteiger partial charge in [0, 0.05) is 0 Å². The molecule has 0 saturated heterocycles. The van der Waals surface area contributed by atoms with Gasteiger partial charge in [-0.2, -0.15) is 0 Å². The Kier molecular flexibility index (Phi) is 2.52. The summed E-state index contributed by atoms with van der Waals surface area (Å²) >= 11 is 0. The van der Waals surface area contributed by atoms with E-state index in [4.69, 9.17) is 14.6 Å². The van der Waals surface area contributed by atoms with Crippen molar-refractivity contribution in [2.75, 3.05) is 6.79 Å². The number of fused-ring (bicyclic) bond motifs is 1. The number of carboxylic acid groups (broad SMARTS) is 1. The predicted octanol–water partition coefficient (Wildman–Crippen LogP) is 0.738. The summed E-state index contributed by atoms with van der Waals surface area (Å²) in [5.74, 6) is 0.0302. The van der Waals surface area contributed by atoms with Crippen LogP contribution in [0.5, 0.6) is 11.5 Å². The van der Waals surface area contributed by atoms with Crippen molar-refractivity contribution in [2.45, 2.75) is 6.04 Å². The lowest BCUT2D eigenvalue weighted by Crippen LogP contribution is -2.43. The molecule has 0 radical (unpaired) electrons. The summed E-state index contributed by atoms with van der Waals surface area (Å²) in [6, 6.07) is 4.12. The van der Waals surface area contributed by atoms with Crippen molar-refractivity contribution in [2.24, 2.45) is 0 Å². The SMILES string of the molecule is O=C1NC(C(=O)O)=CC(c2ccc3c(c2)OCO3)N1. The van der Waals surface area contributed by atoms with Crippen molar-refractivity contribution in [3.8, 4) is 11.5 Å². The molecule has 1 atom stereocenters. The van der Waals surface area contributed by atoms with E-state index in [-0.39, 0.29) is 12.5 Å². The molecule has 0 aliphatic carbocycles. The third kappa shape index (κ3) is 2.05. The van der Waals surface area contributed by atoms with Gasteiger partial charge in [-0.05, 0) is 23.8 Å². The van der Waals surface area contributed by atoms with E-state index < -0.39 is 18.0 Å². The summed E-state index contributed by atoms with van der Waals surface area (Å²) in [6.45, 7) is 0.160. The minimum absolute atomic E-state index is 0.147. The van der Waals surface area contributed by atoms with Crippen LogP contribution in [0.15, 0.2) is 30.0 Å². The molecule has 2 aliphatic rings. The molecular weight excluding hydrogens is 252 g/mol. The van der Waals surface area contributed by atoms with Crippen LogP contribution in [0.1, 0.15) is 11.6 Å². The van der Waals surface area contributed by atoms with E-state index in [9.17, 15) is 9.59 Å². The summed E-state index contributed by atoms with van der Waals surface area (Å²) in [5, 5.41) is 13.8. The van der Waals surface area contributed by atoms with E-state index in [0.29, 0.717) is 11.5 Å². The summed E-state index contributed by atoms with van der Waals surface area (Å²) in [6.07, 6.45) is 1.43. The molecular formula is C12H10N2O5. The maximum Gasteiger partial charge on any atom is 0.352 e. The molecule has 98 valence electrons. The normalized spacial score (nSPS) is 20.3. The van der Waals surface area contributed by atoms with Crippen LogP contribution in [0.3, 0.4) is 0 Å². The minimum atomic E-state index is -1.18. The van der Waals surface area contributed by atoms with Gasteiger partial charge in [-0.1, -0.05) is 6.07 Å². The van der Waals surface area contributed by atoms with Crippen molar-refractivity contribution in [1.29, 1.82) is 0 Å². The Morgan fingerprint density at radius 1 is 1.32 bits per heavy atom. The van der Waals surface area contributed by atoms with Crippen molar-refractivity contribution in [1.82, 2.24) is 10.6 Å². The lowest BCUT2D eigenvalue weighted by Gasteiger charge is -2.22. The Labute approximate surface area is 107 Å². The maximum absolute atomic E-state index is 11.4. The number of carboxylic acids is 1. The molecule has 0 spiro atoms. The second kappa shape index (κ2) is 4.20. The molecule has 1 aromatic carbocycles. The fraction of sp³-hybridized carbons (Fsp3) is 0.167. The highest BCUT2D eigenvalue weighted by atomic mass is 16.7. The van der Waals surface area contributed by atoms with Gasteiger partial charge in [-0.3, -0.25) is 0 Å². The number of urea groups is 1. The molecule has 0 aromatic heterocycles. The molecule has 0 fully saturated rings. The Morgan fingerprint density at radius 3 is 2.89 bits per heavy atom. The standard InChI is InChI=1S/C12H10N2O5/c15-11(16)8-4-7(13-12(17)14-8)6-1-2-9-10(3-6)19-5-18-9/h1-4,7H,5H2,(H,15,16)(H2,13,14,17). The van der Waals surface area contributed by atoms with E-state index in [0.717, 1.165) is 5.56 Å². The smallest absolute Gasteiger partial charge is 0.352 e. The zero-order valence-corrected chi connectivity index (χ0v) is 9.67. The fourth-order valence-corrected chi connectivity index (χ4v) is 1.96. The summed E-state index contributed by atoms with van der Waals surface area (Å²) < 4.78 is 10.4. The number of hydrogen-bond acceptors (Lipinski definition) is 4. The van der Waals surface area contributed by atoms with Crippen LogP contribution in [-0.4, -0.2) is 23.9 Å². The summed E-state index contributed by atoms with van der Waals surface area (Å²) in [7, 11) is 0. The number of ether oxygens (including phenoxy) is 2. The maximum atomic E-state index is 11.4. The molecule has 3 rings (SSSR count). The number of carbonyl (C=O) groups is 2. The lowest BCUT2D eigenvalue weighted by molar-refractivity contribution is -0.133. The topological polar surface area (TPSA) is 96.9 Å². The summed E-state index contributed by atoms with van der Waals surface area (Å²) in [4.78, 5) is 22.3. The number of nitrogens with one attached hydrogen (secondary N) is 2. The number of amides is 2. The molecule has 1 aromatic rings. The molecule has 3 N–H and O–H groups in total. The van der Waals surface area contributed by atoms with Gasteiger partial charge in [0.15, 0.2) is 11.5 Å². The van der Waals surface area contributed by atoms with Crippen LogP contribution in [0.25, 0.3) is 0 Å². The molecule has 7 nitrogen and oxygen atoms in total. The van der Waals surface area contributed by atoms with Crippen molar-refractivity contribution < 1.29 is 24.2 Å². The lowest BCUT2D eigenvalue weighted by atomic mass is 10.0. The van der Waals surface area contributed by atoms with Gasteiger partial charge >= 0.3 is 12.0 Å². The largest absolute Gasteiger partial charge is 0.477 e. The average molecular weight is 262 g/mol. The first-order valence-corrected chi connectivity index (χ1v) is 5.55. The Morgan fingerprint density at radius 2 is 2.11 bits per heavy atom. The van der Waals surface area contributed by atoms with Crippen LogP contribution in [-0.2, 0) is 4.79 Å². The van der Waals surface area contributed by atoms with Gasteiger partial charge < -0.3 is 25.2 Å². The first-order valence-electron chi connectivity index (χ1n) is 5.55. The van der Waals surface area contributed by atoms with E-state index in [1.165, 1.54) is 6.08 Å². The van der Waals surface area contributed by atoms with Gasteiger partial charge in [0.2, 0.25) is 6.79 Å². The number of benzene rings is 1. The molecule has 0 saturated carbocycles. The fourth-order valence-electron chi connectivity index (χ4n) is 1.96. The van der Waals surface area contributed by atoms with Crippen LogP contribution in [0, 0.1) is 0 Å². The highest BCUT2D eigenvalue weighted by Crippen LogP contribution is 2.34.